The highest BCUT2D eigenvalue weighted by atomic mass is 19.1. The molecular weight excluding hydrogens is 349 g/mol. The highest BCUT2D eigenvalue weighted by molar-refractivity contribution is 5.73. The number of nitrogens with zero attached hydrogens (tertiary/aromatic N) is 1. The van der Waals surface area contributed by atoms with Crippen LogP contribution in [-0.4, -0.2) is 17.1 Å². The summed E-state index contributed by atoms with van der Waals surface area (Å²) in [5, 5.41) is 20.3. The van der Waals surface area contributed by atoms with Gasteiger partial charge in [0.25, 0.3) is 5.69 Å². The van der Waals surface area contributed by atoms with Gasteiger partial charge in [0.05, 0.1) is 18.6 Å². The number of hydrogen-bond acceptors (Lipinski definition) is 4. The number of nitro groups is 1. The van der Waals surface area contributed by atoms with Crippen LogP contribution < -0.4 is 4.74 Å². The summed E-state index contributed by atoms with van der Waals surface area (Å²) < 4.78 is 19.0. The smallest absolute Gasteiger partial charge is 0.270 e. The van der Waals surface area contributed by atoms with Crippen LogP contribution in [0.3, 0.4) is 0 Å². The van der Waals surface area contributed by atoms with Crippen molar-refractivity contribution in [3.8, 4) is 16.9 Å². The fourth-order valence-electron chi connectivity index (χ4n) is 2.97. The summed E-state index contributed by atoms with van der Waals surface area (Å²) in [7, 11) is 1.54. The Hall–Kier alpha value is -3.25. The molecule has 0 aliphatic heterocycles. The Labute approximate surface area is 155 Å². The number of aliphatic hydroxyl groups is 1. The molecule has 3 aromatic carbocycles. The largest absolute Gasteiger partial charge is 0.496 e. The van der Waals surface area contributed by atoms with Crippen LogP contribution in [0.5, 0.6) is 5.75 Å². The van der Waals surface area contributed by atoms with Crippen molar-refractivity contribution in [3.05, 3.63) is 93.3 Å². The van der Waals surface area contributed by atoms with Crippen LogP contribution in [0.2, 0.25) is 0 Å². The van der Waals surface area contributed by atoms with E-state index in [1.54, 1.807) is 37.4 Å². The number of ether oxygens (including phenoxy) is 1. The molecule has 0 bridgehead atoms. The van der Waals surface area contributed by atoms with E-state index in [2.05, 4.69) is 0 Å². The van der Waals surface area contributed by atoms with Crippen LogP contribution in [0.4, 0.5) is 10.1 Å². The van der Waals surface area contributed by atoms with Crippen molar-refractivity contribution in [3.63, 3.8) is 0 Å². The van der Waals surface area contributed by atoms with Gasteiger partial charge in [-0.1, -0.05) is 30.3 Å². The normalized spacial score (nSPS) is 10.6. The van der Waals surface area contributed by atoms with E-state index in [1.165, 1.54) is 18.2 Å². The maximum absolute atomic E-state index is 13.6. The standard InChI is InChI=1S/C21H18FNO4/c1-27-21-8-6-15(9-14-5-7-20(22)17(10-14)13-24)11-19(21)16-3-2-4-18(12-16)23(25)26/h2-8,10-12,24H,9,13H2,1H3. The SMILES string of the molecule is COc1ccc(Cc2ccc(F)c(CO)c2)cc1-c1cccc([N+](=O)[O-])c1. The van der Waals surface area contributed by atoms with Crippen molar-refractivity contribution in [2.24, 2.45) is 0 Å². The molecule has 0 unspecified atom stereocenters. The molecule has 3 aromatic rings. The van der Waals surface area contributed by atoms with E-state index in [0.29, 0.717) is 17.7 Å². The summed E-state index contributed by atoms with van der Waals surface area (Å²) in [5.74, 6) is 0.169. The molecule has 0 saturated heterocycles. The molecule has 0 aliphatic carbocycles. The van der Waals surface area contributed by atoms with Crippen molar-refractivity contribution in [2.45, 2.75) is 13.0 Å². The zero-order chi connectivity index (χ0) is 19.4. The Morgan fingerprint density at radius 1 is 1.07 bits per heavy atom. The Balaban J connectivity index is 1.99. The van der Waals surface area contributed by atoms with Crippen molar-refractivity contribution >= 4 is 5.69 Å². The Bertz CT molecular complexity index is 988. The van der Waals surface area contributed by atoms with E-state index in [4.69, 9.17) is 4.74 Å². The molecule has 0 heterocycles. The third-order valence-corrected chi connectivity index (χ3v) is 4.32. The summed E-state index contributed by atoms with van der Waals surface area (Å²) in [6.07, 6.45) is 0.527. The van der Waals surface area contributed by atoms with Gasteiger partial charge in [0.2, 0.25) is 0 Å². The number of halogens is 1. The van der Waals surface area contributed by atoms with Crippen molar-refractivity contribution in [1.29, 1.82) is 0 Å². The molecule has 27 heavy (non-hydrogen) atoms. The minimum Gasteiger partial charge on any atom is -0.496 e. The van der Waals surface area contributed by atoms with Gasteiger partial charge in [0.15, 0.2) is 0 Å². The molecule has 138 valence electrons. The zero-order valence-electron chi connectivity index (χ0n) is 14.7. The van der Waals surface area contributed by atoms with Gasteiger partial charge in [-0.2, -0.15) is 0 Å². The van der Waals surface area contributed by atoms with Gasteiger partial charge in [-0.3, -0.25) is 10.1 Å². The van der Waals surface area contributed by atoms with Crippen LogP contribution in [0.25, 0.3) is 11.1 Å². The molecular formula is C21H18FNO4. The quantitative estimate of drug-likeness (QED) is 0.515. The summed E-state index contributed by atoms with van der Waals surface area (Å²) >= 11 is 0. The molecule has 0 spiro atoms. The van der Waals surface area contributed by atoms with E-state index in [-0.39, 0.29) is 17.9 Å². The first-order valence-electron chi connectivity index (χ1n) is 8.31. The lowest BCUT2D eigenvalue weighted by molar-refractivity contribution is -0.384. The lowest BCUT2D eigenvalue weighted by Crippen LogP contribution is -1.96. The van der Waals surface area contributed by atoms with Gasteiger partial charge >= 0.3 is 0 Å². The minimum atomic E-state index is -0.437. The summed E-state index contributed by atoms with van der Waals surface area (Å²) in [6, 6.07) is 16.6. The van der Waals surface area contributed by atoms with E-state index < -0.39 is 10.7 Å². The number of nitro benzene ring substituents is 1. The first-order valence-corrected chi connectivity index (χ1v) is 8.31. The fraction of sp³-hybridized carbons (Fsp3) is 0.143. The van der Waals surface area contributed by atoms with Crippen molar-refractivity contribution < 1.29 is 19.2 Å². The molecule has 0 atom stereocenters. The van der Waals surface area contributed by atoms with E-state index in [9.17, 15) is 19.6 Å². The number of aliphatic hydroxyl groups excluding tert-OH is 1. The number of methoxy groups -OCH3 is 1. The number of benzene rings is 3. The first kappa shape index (κ1) is 18.5. The van der Waals surface area contributed by atoms with Gasteiger partial charge < -0.3 is 9.84 Å². The van der Waals surface area contributed by atoms with Crippen LogP contribution in [0.15, 0.2) is 60.7 Å². The predicted molar refractivity (Wildman–Crippen MR) is 100 cm³/mol. The molecule has 0 aliphatic rings. The summed E-state index contributed by atoms with van der Waals surface area (Å²) in [6.45, 7) is -0.360. The highest BCUT2D eigenvalue weighted by Crippen LogP contribution is 2.33. The second-order valence-electron chi connectivity index (χ2n) is 6.10. The zero-order valence-corrected chi connectivity index (χ0v) is 14.7. The van der Waals surface area contributed by atoms with Crippen LogP contribution >= 0.6 is 0 Å². The number of non-ortho nitro benzene ring substituents is 1. The maximum Gasteiger partial charge on any atom is 0.270 e. The highest BCUT2D eigenvalue weighted by Gasteiger charge is 2.12. The van der Waals surface area contributed by atoms with Crippen molar-refractivity contribution in [1.82, 2.24) is 0 Å². The summed E-state index contributed by atoms with van der Waals surface area (Å²) in [5.41, 5.74) is 3.47. The molecule has 0 fully saturated rings. The van der Waals surface area contributed by atoms with E-state index >= 15 is 0 Å². The molecule has 0 saturated carbocycles. The third kappa shape index (κ3) is 4.12. The van der Waals surface area contributed by atoms with Crippen LogP contribution in [0, 0.1) is 15.9 Å². The second kappa shape index (κ2) is 7.97. The van der Waals surface area contributed by atoms with Crippen LogP contribution in [0.1, 0.15) is 16.7 Å². The Kier molecular flexibility index (Phi) is 5.47. The molecule has 5 nitrogen and oxygen atoms in total. The van der Waals surface area contributed by atoms with Gasteiger partial charge in [-0.15, -0.1) is 0 Å². The molecule has 0 aromatic heterocycles. The Morgan fingerprint density at radius 3 is 2.52 bits per heavy atom. The predicted octanol–water partition coefficient (Wildman–Crippen LogP) is 4.49. The topological polar surface area (TPSA) is 72.6 Å². The summed E-state index contributed by atoms with van der Waals surface area (Å²) in [4.78, 5) is 10.6. The van der Waals surface area contributed by atoms with Gasteiger partial charge in [0, 0.05) is 23.3 Å². The average Bonchev–Trinajstić information content (AvgIpc) is 2.69. The monoisotopic (exact) mass is 367 g/mol. The van der Waals surface area contributed by atoms with Crippen LogP contribution in [-0.2, 0) is 13.0 Å². The minimum absolute atomic E-state index is 0.00563. The lowest BCUT2D eigenvalue weighted by Gasteiger charge is -2.12. The number of hydrogen-bond donors (Lipinski definition) is 1. The van der Waals surface area contributed by atoms with E-state index in [0.717, 1.165) is 16.7 Å². The van der Waals surface area contributed by atoms with E-state index in [1.807, 2.05) is 12.1 Å². The number of rotatable bonds is 6. The Morgan fingerprint density at radius 2 is 1.81 bits per heavy atom. The molecule has 3 rings (SSSR count). The average molecular weight is 367 g/mol. The molecule has 0 amide bonds. The van der Waals surface area contributed by atoms with Gasteiger partial charge in [-0.05, 0) is 41.3 Å². The molecule has 0 radical (unpaired) electrons. The van der Waals surface area contributed by atoms with Gasteiger partial charge in [-0.25, -0.2) is 4.39 Å². The third-order valence-electron chi connectivity index (χ3n) is 4.32. The second-order valence-corrected chi connectivity index (χ2v) is 6.10. The molecule has 6 heteroatoms. The molecule has 1 N–H and O–H groups in total. The first-order chi connectivity index (χ1) is 13.0. The van der Waals surface area contributed by atoms with Crippen molar-refractivity contribution in [2.75, 3.05) is 7.11 Å². The lowest BCUT2D eigenvalue weighted by atomic mass is 9.97. The van der Waals surface area contributed by atoms with Gasteiger partial charge in [0.1, 0.15) is 11.6 Å². The maximum atomic E-state index is 13.6. The fourth-order valence-corrected chi connectivity index (χ4v) is 2.97.